The molecule has 4 N–H and O–H groups in total. The van der Waals surface area contributed by atoms with E-state index in [-0.39, 0.29) is 36.2 Å². The largest absolute Gasteiger partial charge is 0.495 e. The van der Waals surface area contributed by atoms with Crippen LogP contribution in [-0.2, 0) is 9.59 Å². The van der Waals surface area contributed by atoms with Crippen LogP contribution in [0.4, 0.5) is 16.2 Å². The SMILES string of the molecule is COc1cc(C(NC(C)=O)C2CCN(CC(C)CC(=O)O)C2)ccc1NC(=O)Nc1ccccc1C. The number of anilines is 2. The Morgan fingerprint density at radius 2 is 1.86 bits per heavy atom. The molecule has 1 heterocycles. The van der Waals surface area contributed by atoms with Crippen LogP contribution in [0.25, 0.3) is 0 Å². The molecule has 3 atom stereocenters. The van der Waals surface area contributed by atoms with Crippen LogP contribution in [0.3, 0.4) is 0 Å². The maximum Gasteiger partial charge on any atom is 0.323 e. The zero-order valence-electron chi connectivity index (χ0n) is 21.3. The van der Waals surface area contributed by atoms with Crippen molar-refractivity contribution >= 4 is 29.3 Å². The summed E-state index contributed by atoms with van der Waals surface area (Å²) in [5.74, 6) is -0.206. The van der Waals surface area contributed by atoms with Crippen LogP contribution in [0.5, 0.6) is 5.75 Å². The van der Waals surface area contributed by atoms with Gasteiger partial charge in [-0.25, -0.2) is 4.79 Å². The van der Waals surface area contributed by atoms with E-state index in [9.17, 15) is 14.4 Å². The fourth-order valence-corrected chi connectivity index (χ4v) is 4.79. The first-order chi connectivity index (χ1) is 17.2. The van der Waals surface area contributed by atoms with Crippen LogP contribution >= 0.6 is 0 Å². The molecular formula is C27H36N4O5. The number of hydrogen-bond acceptors (Lipinski definition) is 5. The van der Waals surface area contributed by atoms with Crippen molar-refractivity contribution in [2.75, 3.05) is 37.4 Å². The Labute approximate surface area is 212 Å². The Morgan fingerprint density at radius 3 is 2.53 bits per heavy atom. The number of amides is 3. The van der Waals surface area contributed by atoms with Gasteiger partial charge in [0.05, 0.1) is 18.8 Å². The van der Waals surface area contributed by atoms with Crippen molar-refractivity contribution in [3.05, 3.63) is 53.6 Å². The van der Waals surface area contributed by atoms with Crippen LogP contribution in [0.2, 0.25) is 0 Å². The number of nitrogens with one attached hydrogen (secondary N) is 3. The number of carboxylic acids is 1. The number of nitrogens with zero attached hydrogens (tertiary/aromatic N) is 1. The number of hydrogen-bond donors (Lipinski definition) is 4. The molecule has 0 bridgehead atoms. The predicted molar refractivity (Wildman–Crippen MR) is 139 cm³/mol. The Morgan fingerprint density at radius 1 is 1.14 bits per heavy atom. The van der Waals surface area contributed by atoms with E-state index in [1.807, 2.05) is 50.2 Å². The number of urea groups is 1. The number of aliphatic carboxylic acids is 1. The molecule has 0 aromatic heterocycles. The number of carbonyl (C=O) groups excluding carboxylic acids is 2. The lowest BCUT2D eigenvalue weighted by Crippen LogP contribution is -2.34. The number of carboxylic acid groups (broad SMARTS) is 1. The van der Waals surface area contributed by atoms with Gasteiger partial charge in [0.2, 0.25) is 5.91 Å². The molecule has 1 aliphatic rings. The summed E-state index contributed by atoms with van der Waals surface area (Å²) in [5.41, 5.74) is 3.08. The first-order valence-electron chi connectivity index (χ1n) is 12.2. The van der Waals surface area contributed by atoms with E-state index in [0.29, 0.717) is 18.0 Å². The molecule has 36 heavy (non-hydrogen) atoms. The van der Waals surface area contributed by atoms with Gasteiger partial charge in [-0.3, -0.25) is 9.59 Å². The number of methoxy groups -OCH3 is 1. The number of aryl methyl sites for hydroxylation is 1. The lowest BCUT2D eigenvalue weighted by atomic mass is 9.91. The molecule has 0 radical (unpaired) electrons. The molecule has 3 rings (SSSR count). The maximum atomic E-state index is 12.6. The molecule has 1 fully saturated rings. The Balaban J connectivity index is 1.72. The summed E-state index contributed by atoms with van der Waals surface area (Å²) >= 11 is 0. The third-order valence-electron chi connectivity index (χ3n) is 6.46. The summed E-state index contributed by atoms with van der Waals surface area (Å²) in [6.45, 7) is 7.68. The van der Waals surface area contributed by atoms with Crippen LogP contribution < -0.4 is 20.7 Å². The molecule has 9 heteroatoms. The standard InChI is InChI=1S/C27H36N4O5/c1-17(13-25(33)34)15-31-12-11-21(16-31)26(28-19(3)32)20-9-10-23(24(14-20)36-4)30-27(35)29-22-8-6-5-7-18(22)2/h5-10,14,17,21,26H,11-13,15-16H2,1-4H3,(H,28,32)(H,33,34)(H2,29,30,35). The van der Waals surface area contributed by atoms with Crippen molar-refractivity contribution in [1.82, 2.24) is 10.2 Å². The number of ether oxygens (including phenoxy) is 1. The van der Waals surface area contributed by atoms with Gasteiger partial charge < -0.3 is 30.7 Å². The quantitative estimate of drug-likeness (QED) is 0.390. The Hall–Kier alpha value is -3.59. The number of likely N-dealkylation sites (tertiary alicyclic amines) is 1. The highest BCUT2D eigenvalue weighted by molar-refractivity contribution is 6.01. The van der Waals surface area contributed by atoms with Crippen molar-refractivity contribution < 1.29 is 24.2 Å². The highest BCUT2D eigenvalue weighted by Gasteiger charge is 2.32. The molecule has 0 saturated carbocycles. The Kier molecular flexibility index (Phi) is 9.30. The molecule has 2 aromatic rings. The summed E-state index contributed by atoms with van der Waals surface area (Å²) in [6, 6.07) is 12.4. The Bertz CT molecular complexity index is 1090. The van der Waals surface area contributed by atoms with Gasteiger partial charge in [0.25, 0.3) is 0 Å². The fourth-order valence-electron chi connectivity index (χ4n) is 4.79. The molecule has 2 aromatic carbocycles. The number of benzene rings is 2. The average molecular weight is 497 g/mol. The molecule has 3 unspecified atom stereocenters. The minimum Gasteiger partial charge on any atom is -0.495 e. The van der Waals surface area contributed by atoms with Gasteiger partial charge in [0.1, 0.15) is 5.75 Å². The number of rotatable bonds is 10. The van der Waals surface area contributed by atoms with Gasteiger partial charge in [-0.05, 0) is 61.1 Å². The summed E-state index contributed by atoms with van der Waals surface area (Å²) < 4.78 is 5.57. The zero-order valence-corrected chi connectivity index (χ0v) is 21.3. The molecule has 9 nitrogen and oxygen atoms in total. The van der Waals surface area contributed by atoms with E-state index in [0.717, 1.165) is 36.3 Å². The molecule has 0 spiro atoms. The smallest absolute Gasteiger partial charge is 0.323 e. The van der Waals surface area contributed by atoms with Crippen molar-refractivity contribution in [2.45, 2.75) is 39.7 Å². The lowest BCUT2D eigenvalue weighted by Gasteiger charge is -2.27. The summed E-state index contributed by atoms with van der Waals surface area (Å²) in [4.78, 5) is 37.9. The van der Waals surface area contributed by atoms with E-state index in [4.69, 9.17) is 9.84 Å². The maximum absolute atomic E-state index is 12.6. The van der Waals surface area contributed by atoms with Crippen LogP contribution in [0.15, 0.2) is 42.5 Å². The van der Waals surface area contributed by atoms with E-state index < -0.39 is 5.97 Å². The van der Waals surface area contributed by atoms with E-state index in [1.54, 1.807) is 6.07 Å². The van der Waals surface area contributed by atoms with E-state index >= 15 is 0 Å². The van der Waals surface area contributed by atoms with Gasteiger partial charge in [-0.1, -0.05) is 31.2 Å². The fraction of sp³-hybridized carbons (Fsp3) is 0.444. The molecule has 0 aliphatic carbocycles. The van der Waals surface area contributed by atoms with E-state index in [1.165, 1.54) is 14.0 Å². The molecule has 1 saturated heterocycles. The first-order valence-corrected chi connectivity index (χ1v) is 12.2. The summed E-state index contributed by atoms with van der Waals surface area (Å²) in [5, 5.41) is 17.8. The number of para-hydroxylation sites is 1. The van der Waals surface area contributed by atoms with E-state index in [2.05, 4.69) is 20.9 Å². The van der Waals surface area contributed by atoms with Crippen molar-refractivity contribution in [3.8, 4) is 5.75 Å². The lowest BCUT2D eigenvalue weighted by molar-refractivity contribution is -0.138. The van der Waals surface area contributed by atoms with Gasteiger partial charge >= 0.3 is 12.0 Å². The molecule has 1 aliphatic heterocycles. The number of carbonyl (C=O) groups is 3. The first kappa shape index (κ1) is 27.0. The monoisotopic (exact) mass is 496 g/mol. The molecule has 3 amide bonds. The minimum atomic E-state index is -0.789. The van der Waals surface area contributed by atoms with Crippen molar-refractivity contribution in [2.24, 2.45) is 11.8 Å². The van der Waals surface area contributed by atoms with Crippen LogP contribution in [0, 0.1) is 18.8 Å². The predicted octanol–water partition coefficient (Wildman–Crippen LogP) is 4.26. The van der Waals surface area contributed by atoms with Gasteiger partial charge in [-0.2, -0.15) is 0 Å². The highest BCUT2D eigenvalue weighted by Crippen LogP contribution is 2.35. The second-order valence-electron chi connectivity index (χ2n) is 9.54. The van der Waals surface area contributed by atoms with Crippen LogP contribution in [-0.4, -0.2) is 54.7 Å². The third-order valence-corrected chi connectivity index (χ3v) is 6.46. The van der Waals surface area contributed by atoms with Crippen LogP contribution in [0.1, 0.15) is 43.9 Å². The average Bonchev–Trinajstić information content (AvgIpc) is 3.26. The van der Waals surface area contributed by atoms with Crippen molar-refractivity contribution in [1.29, 1.82) is 0 Å². The van der Waals surface area contributed by atoms with Gasteiger partial charge in [0.15, 0.2) is 0 Å². The summed E-state index contributed by atoms with van der Waals surface area (Å²) in [7, 11) is 1.54. The second-order valence-corrected chi connectivity index (χ2v) is 9.54. The van der Waals surface area contributed by atoms with Crippen molar-refractivity contribution in [3.63, 3.8) is 0 Å². The zero-order chi connectivity index (χ0) is 26.2. The molecular weight excluding hydrogens is 460 g/mol. The third kappa shape index (κ3) is 7.45. The van der Waals surface area contributed by atoms with Gasteiger partial charge in [0, 0.05) is 32.1 Å². The minimum absolute atomic E-state index is 0.0525. The second kappa shape index (κ2) is 12.4. The highest BCUT2D eigenvalue weighted by atomic mass is 16.5. The normalized spacial score (nSPS) is 17.2. The topological polar surface area (TPSA) is 120 Å². The summed E-state index contributed by atoms with van der Waals surface area (Å²) in [6.07, 6.45) is 1.02. The molecule has 194 valence electrons. The van der Waals surface area contributed by atoms with Gasteiger partial charge in [-0.15, -0.1) is 0 Å².